The van der Waals surface area contributed by atoms with E-state index < -0.39 is 0 Å². The molecule has 0 spiro atoms. The van der Waals surface area contributed by atoms with Crippen LogP contribution in [0.3, 0.4) is 0 Å². The van der Waals surface area contributed by atoms with Crippen LogP contribution in [0.15, 0.2) is 18.2 Å². The van der Waals surface area contributed by atoms with E-state index in [1.54, 1.807) is 0 Å². The maximum atomic E-state index is 12.7. The lowest BCUT2D eigenvalue weighted by atomic mass is 10.1. The highest BCUT2D eigenvalue weighted by Crippen LogP contribution is 2.24. The van der Waals surface area contributed by atoms with Gasteiger partial charge >= 0.3 is 0 Å². The molecular weight excluding hydrogens is 306 g/mol. The van der Waals surface area contributed by atoms with Crippen molar-refractivity contribution < 1.29 is 14.3 Å². The molecule has 2 saturated heterocycles. The monoisotopic (exact) mass is 329 g/mol. The predicted molar refractivity (Wildman–Crippen MR) is 90.1 cm³/mol. The lowest BCUT2D eigenvalue weighted by Gasteiger charge is -2.35. The molecular formula is C18H23N3O3. The van der Waals surface area contributed by atoms with E-state index in [0.29, 0.717) is 32.8 Å². The number of carbonyl (C=O) groups is 2. The van der Waals surface area contributed by atoms with Crippen LogP contribution in [0, 0.1) is 0 Å². The van der Waals surface area contributed by atoms with Crippen molar-refractivity contribution >= 4 is 17.5 Å². The first kappa shape index (κ1) is 15.4. The number of carbonyl (C=O) groups excluding carboxylic acids is 2. The first-order valence-electron chi connectivity index (χ1n) is 8.79. The molecule has 6 nitrogen and oxygen atoms in total. The van der Waals surface area contributed by atoms with Crippen molar-refractivity contribution in [1.29, 1.82) is 0 Å². The molecule has 128 valence electrons. The molecule has 1 atom stereocenters. The van der Waals surface area contributed by atoms with Gasteiger partial charge in [-0.25, -0.2) is 0 Å². The van der Waals surface area contributed by atoms with Crippen LogP contribution < -0.4 is 5.32 Å². The van der Waals surface area contributed by atoms with E-state index in [1.807, 2.05) is 28.0 Å². The van der Waals surface area contributed by atoms with Crippen LogP contribution in [0.1, 0.15) is 28.8 Å². The zero-order valence-electron chi connectivity index (χ0n) is 13.8. The van der Waals surface area contributed by atoms with Gasteiger partial charge in [0.15, 0.2) is 0 Å². The molecule has 0 radical (unpaired) electrons. The Labute approximate surface area is 141 Å². The maximum absolute atomic E-state index is 12.7. The van der Waals surface area contributed by atoms with E-state index in [9.17, 15) is 9.59 Å². The Hall–Kier alpha value is -2.08. The van der Waals surface area contributed by atoms with Crippen LogP contribution in [0.25, 0.3) is 0 Å². The summed E-state index contributed by atoms with van der Waals surface area (Å²) < 4.78 is 5.48. The molecule has 6 heteroatoms. The second-order valence-corrected chi connectivity index (χ2v) is 6.67. The number of fused-ring (bicyclic) bond motifs is 1. The average Bonchev–Trinajstić information content (AvgIpc) is 3.31. The van der Waals surface area contributed by atoms with Gasteiger partial charge in [-0.2, -0.15) is 0 Å². The Bertz CT molecular complexity index is 647. The van der Waals surface area contributed by atoms with Crippen LogP contribution >= 0.6 is 0 Å². The number of hydrogen-bond donors (Lipinski definition) is 1. The molecule has 1 unspecified atom stereocenters. The lowest BCUT2D eigenvalue weighted by Crippen LogP contribution is -2.52. The Morgan fingerprint density at radius 2 is 1.92 bits per heavy atom. The molecule has 3 aliphatic rings. The molecule has 3 heterocycles. The SMILES string of the molecule is O=C(c1ccc2c(c1)CCN2)N1CCN(C(=O)C2CCCO2)CC1. The number of anilines is 1. The lowest BCUT2D eigenvalue weighted by molar-refractivity contribution is -0.142. The molecule has 3 aliphatic heterocycles. The minimum Gasteiger partial charge on any atom is -0.384 e. The number of amides is 2. The van der Waals surface area contributed by atoms with Gasteiger partial charge in [-0.15, -0.1) is 0 Å². The van der Waals surface area contributed by atoms with Gasteiger partial charge in [0.05, 0.1) is 0 Å². The first-order valence-corrected chi connectivity index (χ1v) is 8.79. The second-order valence-electron chi connectivity index (χ2n) is 6.67. The third-order valence-corrected chi connectivity index (χ3v) is 5.15. The van der Waals surface area contributed by atoms with E-state index in [2.05, 4.69) is 5.32 Å². The Kier molecular flexibility index (Phi) is 4.14. The van der Waals surface area contributed by atoms with Gasteiger partial charge in [-0.1, -0.05) is 0 Å². The fourth-order valence-electron chi connectivity index (χ4n) is 3.73. The topological polar surface area (TPSA) is 61.9 Å². The van der Waals surface area contributed by atoms with Crippen LogP contribution in [0.5, 0.6) is 0 Å². The molecule has 0 bridgehead atoms. The van der Waals surface area contributed by atoms with Crippen molar-refractivity contribution in [3.63, 3.8) is 0 Å². The van der Waals surface area contributed by atoms with Crippen LogP contribution in [-0.2, 0) is 16.0 Å². The number of rotatable bonds is 2. The van der Waals surface area contributed by atoms with Crippen LogP contribution in [0.2, 0.25) is 0 Å². The predicted octanol–water partition coefficient (Wildman–Crippen LogP) is 1.12. The number of hydrogen-bond acceptors (Lipinski definition) is 4. The summed E-state index contributed by atoms with van der Waals surface area (Å²) >= 11 is 0. The molecule has 0 saturated carbocycles. The summed E-state index contributed by atoms with van der Waals surface area (Å²) in [5.74, 6) is 0.150. The number of piperazine rings is 1. The van der Waals surface area contributed by atoms with Gasteiger partial charge in [0, 0.05) is 50.6 Å². The number of nitrogens with one attached hydrogen (secondary N) is 1. The third kappa shape index (κ3) is 2.86. The molecule has 1 aromatic rings. The van der Waals surface area contributed by atoms with Crippen molar-refractivity contribution in [2.24, 2.45) is 0 Å². The Morgan fingerprint density at radius 1 is 1.12 bits per heavy atom. The molecule has 2 fully saturated rings. The zero-order chi connectivity index (χ0) is 16.5. The standard InChI is InChI=1S/C18H23N3O3/c22-17(14-3-4-15-13(12-14)5-6-19-15)20-7-9-21(10-8-20)18(23)16-2-1-11-24-16/h3-4,12,16,19H,1-2,5-11H2. The summed E-state index contributed by atoms with van der Waals surface area (Å²) in [7, 11) is 0. The fourth-order valence-corrected chi connectivity index (χ4v) is 3.73. The summed E-state index contributed by atoms with van der Waals surface area (Å²) in [4.78, 5) is 28.8. The Balaban J connectivity index is 1.37. The zero-order valence-corrected chi connectivity index (χ0v) is 13.8. The van der Waals surface area contributed by atoms with Gasteiger partial charge in [0.1, 0.15) is 6.10 Å². The molecule has 0 aliphatic carbocycles. The second kappa shape index (κ2) is 6.43. The smallest absolute Gasteiger partial charge is 0.253 e. The molecule has 0 aromatic heterocycles. The van der Waals surface area contributed by atoms with E-state index in [-0.39, 0.29) is 17.9 Å². The van der Waals surface area contributed by atoms with Gasteiger partial charge in [-0.05, 0) is 43.0 Å². The van der Waals surface area contributed by atoms with Crippen molar-refractivity contribution in [1.82, 2.24) is 9.80 Å². The highest BCUT2D eigenvalue weighted by atomic mass is 16.5. The van der Waals surface area contributed by atoms with Gasteiger partial charge in [0.25, 0.3) is 11.8 Å². The average molecular weight is 329 g/mol. The largest absolute Gasteiger partial charge is 0.384 e. The highest BCUT2D eigenvalue weighted by Gasteiger charge is 2.31. The van der Waals surface area contributed by atoms with Crippen LogP contribution in [0.4, 0.5) is 5.69 Å². The van der Waals surface area contributed by atoms with Crippen molar-refractivity contribution in [2.45, 2.75) is 25.4 Å². The van der Waals surface area contributed by atoms with Gasteiger partial charge in [0.2, 0.25) is 0 Å². The summed E-state index contributed by atoms with van der Waals surface area (Å²) in [5.41, 5.74) is 3.10. The third-order valence-electron chi connectivity index (χ3n) is 5.15. The van der Waals surface area contributed by atoms with E-state index in [1.165, 1.54) is 5.56 Å². The van der Waals surface area contributed by atoms with Crippen molar-refractivity contribution in [3.05, 3.63) is 29.3 Å². The van der Waals surface area contributed by atoms with E-state index in [0.717, 1.165) is 37.1 Å². The summed E-state index contributed by atoms with van der Waals surface area (Å²) in [6.45, 7) is 3.99. The van der Waals surface area contributed by atoms with Gasteiger partial charge < -0.3 is 19.9 Å². The number of ether oxygens (including phenoxy) is 1. The molecule has 2 amide bonds. The summed E-state index contributed by atoms with van der Waals surface area (Å²) in [5, 5.41) is 3.31. The molecule has 4 rings (SSSR count). The van der Waals surface area contributed by atoms with Gasteiger partial charge in [-0.3, -0.25) is 9.59 Å². The summed E-state index contributed by atoms with van der Waals surface area (Å²) in [6, 6.07) is 5.89. The van der Waals surface area contributed by atoms with E-state index >= 15 is 0 Å². The normalized spacial score (nSPS) is 23.1. The van der Waals surface area contributed by atoms with E-state index in [4.69, 9.17) is 4.74 Å². The Morgan fingerprint density at radius 3 is 2.67 bits per heavy atom. The molecule has 1 aromatic carbocycles. The minimum absolute atomic E-state index is 0.0638. The number of benzene rings is 1. The highest BCUT2D eigenvalue weighted by molar-refractivity contribution is 5.95. The molecule has 1 N–H and O–H groups in total. The van der Waals surface area contributed by atoms with Crippen molar-refractivity contribution in [2.75, 3.05) is 44.6 Å². The minimum atomic E-state index is -0.267. The maximum Gasteiger partial charge on any atom is 0.253 e. The quantitative estimate of drug-likeness (QED) is 0.883. The van der Waals surface area contributed by atoms with Crippen LogP contribution in [-0.4, -0.2) is 67.0 Å². The number of nitrogens with zero attached hydrogens (tertiary/aromatic N) is 2. The molecule has 24 heavy (non-hydrogen) atoms. The van der Waals surface area contributed by atoms with Crippen molar-refractivity contribution in [3.8, 4) is 0 Å². The fraction of sp³-hybridized carbons (Fsp3) is 0.556. The first-order chi connectivity index (χ1) is 11.7. The summed E-state index contributed by atoms with van der Waals surface area (Å²) in [6.07, 6.45) is 2.49.